The topological polar surface area (TPSA) is 59.0 Å². The van der Waals surface area contributed by atoms with Gasteiger partial charge in [0, 0.05) is 7.05 Å². The number of alkyl halides is 3. The molecule has 0 saturated heterocycles. The summed E-state index contributed by atoms with van der Waals surface area (Å²) in [6, 6.07) is 3.41. The van der Waals surface area contributed by atoms with E-state index in [1.165, 1.54) is 6.07 Å². The van der Waals surface area contributed by atoms with E-state index in [0.717, 1.165) is 12.1 Å². The van der Waals surface area contributed by atoms with Crippen LogP contribution < -0.4 is 10.6 Å². The number of hydrogen-bond donors (Lipinski definition) is 2. The van der Waals surface area contributed by atoms with Crippen LogP contribution in [0.15, 0.2) is 18.2 Å². The Kier molecular flexibility index (Phi) is 4.17. The average molecular weight is 300 g/mol. The van der Waals surface area contributed by atoms with Gasteiger partial charge in [-0.2, -0.15) is 13.2 Å². The van der Waals surface area contributed by atoms with Gasteiger partial charge in [-0.05, 0) is 25.2 Å². The monoisotopic (exact) mass is 300 g/mol. The minimum Gasteiger partial charge on any atom is -0.348 e. The van der Waals surface area contributed by atoms with E-state index >= 15 is 0 Å². The summed E-state index contributed by atoms with van der Waals surface area (Å²) in [7, 11) is 3.34. The highest BCUT2D eigenvalue weighted by Gasteiger charge is 2.30. The summed E-state index contributed by atoms with van der Waals surface area (Å²) >= 11 is 0. The van der Waals surface area contributed by atoms with E-state index in [-0.39, 0.29) is 24.5 Å². The predicted octanol–water partition coefficient (Wildman–Crippen LogP) is 1.43. The first-order chi connectivity index (χ1) is 9.82. The highest BCUT2D eigenvalue weighted by Crippen LogP contribution is 2.31. The van der Waals surface area contributed by atoms with Gasteiger partial charge in [0.15, 0.2) is 0 Å². The zero-order valence-electron chi connectivity index (χ0n) is 11.6. The maximum absolute atomic E-state index is 12.7. The lowest BCUT2D eigenvalue weighted by molar-refractivity contribution is -0.137. The number of aryl methyl sites for hydroxylation is 1. The minimum atomic E-state index is -4.40. The molecule has 0 bridgehead atoms. The van der Waals surface area contributed by atoms with Gasteiger partial charge in [0.2, 0.25) is 5.91 Å². The highest BCUT2D eigenvalue weighted by atomic mass is 19.4. The first-order valence-corrected chi connectivity index (χ1v) is 6.26. The van der Waals surface area contributed by atoms with E-state index in [2.05, 4.69) is 15.6 Å². The number of amides is 1. The van der Waals surface area contributed by atoms with Crippen molar-refractivity contribution in [3.63, 3.8) is 0 Å². The fraction of sp³-hybridized carbons (Fsp3) is 0.385. The molecule has 5 nitrogen and oxygen atoms in total. The third-order valence-corrected chi connectivity index (χ3v) is 3.08. The lowest BCUT2D eigenvalue weighted by Crippen LogP contribution is -2.32. The molecule has 1 amide bonds. The van der Waals surface area contributed by atoms with E-state index in [9.17, 15) is 18.0 Å². The number of carbonyl (C=O) groups is 1. The SMILES string of the molecule is CNCC(=O)NCc1nc2cc(C(F)(F)F)ccc2n1C. The van der Waals surface area contributed by atoms with Gasteiger partial charge in [0.25, 0.3) is 0 Å². The molecule has 8 heteroatoms. The molecule has 2 aromatic rings. The van der Waals surface area contributed by atoms with Crippen LogP contribution in [0, 0.1) is 0 Å². The zero-order valence-corrected chi connectivity index (χ0v) is 11.6. The van der Waals surface area contributed by atoms with Gasteiger partial charge in [-0.1, -0.05) is 0 Å². The van der Waals surface area contributed by atoms with Crippen molar-refractivity contribution in [2.45, 2.75) is 12.7 Å². The first-order valence-electron chi connectivity index (χ1n) is 6.26. The average Bonchev–Trinajstić information content (AvgIpc) is 2.72. The van der Waals surface area contributed by atoms with Gasteiger partial charge in [-0.3, -0.25) is 4.79 Å². The van der Waals surface area contributed by atoms with E-state index in [1.807, 2.05) is 0 Å². The molecule has 0 radical (unpaired) electrons. The lowest BCUT2D eigenvalue weighted by atomic mass is 10.2. The van der Waals surface area contributed by atoms with Gasteiger partial charge < -0.3 is 15.2 Å². The van der Waals surface area contributed by atoms with Crippen molar-refractivity contribution in [1.29, 1.82) is 0 Å². The standard InChI is InChI=1S/C13H15F3N4O/c1-17-7-12(21)18-6-11-19-9-5-8(13(14,15)16)3-4-10(9)20(11)2/h3-5,17H,6-7H2,1-2H3,(H,18,21). The van der Waals surface area contributed by atoms with Crippen LogP contribution >= 0.6 is 0 Å². The van der Waals surface area contributed by atoms with Crippen molar-refractivity contribution in [2.24, 2.45) is 7.05 Å². The van der Waals surface area contributed by atoms with E-state index < -0.39 is 11.7 Å². The Hall–Kier alpha value is -2.09. The molecule has 1 heterocycles. The molecule has 0 fully saturated rings. The summed E-state index contributed by atoms with van der Waals surface area (Å²) in [5, 5.41) is 5.34. The minimum absolute atomic E-state index is 0.160. The van der Waals surface area contributed by atoms with Crippen molar-refractivity contribution in [1.82, 2.24) is 20.2 Å². The Labute approximate surface area is 119 Å². The van der Waals surface area contributed by atoms with Gasteiger partial charge in [0.1, 0.15) is 5.82 Å². The summed E-state index contributed by atoms with van der Waals surface area (Å²) in [5.41, 5.74) is 0.102. The quantitative estimate of drug-likeness (QED) is 0.898. The molecule has 0 unspecified atom stereocenters. The Bertz CT molecular complexity index is 663. The molecule has 1 aromatic carbocycles. The Morgan fingerprint density at radius 2 is 2.10 bits per heavy atom. The smallest absolute Gasteiger partial charge is 0.348 e. The Morgan fingerprint density at radius 1 is 1.38 bits per heavy atom. The van der Waals surface area contributed by atoms with Crippen LogP contribution in [0.3, 0.4) is 0 Å². The summed E-state index contributed by atoms with van der Waals surface area (Å²) < 4.78 is 39.7. The van der Waals surface area contributed by atoms with Gasteiger partial charge in [-0.25, -0.2) is 4.98 Å². The molecule has 114 valence electrons. The van der Waals surface area contributed by atoms with Gasteiger partial charge in [-0.15, -0.1) is 0 Å². The van der Waals surface area contributed by atoms with E-state index in [1.54, 1.807) is 18.7 Å². The molecule has 0 atom stereocenters. The molecule has 2 rings (SSSR count). The summed E-state index contributed by atoms with van der Waals surface area (Å²) in [5.74, 6) is 0.286. The van der Waals surface area contributed by atoms with Crippen molar-refractivity contribution >= 4 is 16.9 Å². The molecule has 2 N–H and O–H groups in total. The van der Waals surface area contributed by atoms with Crippen molar-refractivity contribution in [3.8, 4) is 0 Å². The largest absolute Gasteiger partial charge is 0.416 e. The number of imidazole rings is 1. The molecule has 21 heavy (non-hydrogen) atoms. The maximum Gasteiger partial charge on any atom is 0.416 e. The van der Waals surface area contributed by atoms with E-state index in [4.69, 9.17) is 0 Å². The predicted molar refractivity (Wildman–Crippen MR) is 71.5 cm³/mol. The molecule has 0 aliphatic heterocycles. The van der Waals surface area contributed by atoms with Crippen molar-refractivity contribution in [3.05, 3.63) is 29.6 Å². The van der Waals surface area contributed by atoms with Crippen LogP contribution in [-0.2, 0) is 24.6 Å². The molecule has 0 spiro atoms. The molecule has 0 aliphatic carbocycles. The van der Waals surface area contributed by atoms with E-state index in [0.29, 0.717) is 11.3 Å². The molecular formula is C13H15F3N4O. The highest BCUT2D eigenvalue weighted by molar-refractivity contribution is 5.79. The van der Waals surface area contributed by atoms with Crippen molar-refractivity contribution in [2.75, 3.05) is 13.6 Å². The third-order valence-electron chi connectivity index (χ3n) is 3.08. The second-order valence-electron chi connectivity index (χ2n) is 4.60. The van der Waals surface area contributed by atoms with Crippen LogP contribution in [0.2, 0.25) is 0 Å². The summed E-state index contributed by atoms with van der Waals surface area (Å²) in [6.07, 6.45) is -4.40. The van der Waals surface area contributed by atoms with Crippen LogP contribution in [0.4, 0.5) is 13.2 Å². The molecule has 1 aromatic heterocycles. The number of hydrogen-bond acceptors (Lipinski definition) is 3. The van der Waals surface area contributed by atoms with Crippen molar-refractivity contribution < 1.29 is 18.0 Å². The van der Waals surface area contributed by atoms with Crippen LogP contribution in [0.1, 0.15) is 11.4 Å². The normalized spacial score (nSPS) is 11.9. The van der Waals surface area contributed by atoms with Crippen LogP contribution in [-0.4, -0.2) is 29.1 Å². The number of nitrogens with one attached hydrogen (secondary N) is 2. The number of likely N-dealkylation sites (N-methyl/N-ethyl adjacent to an activating group) is 1. The Balaban J connectivity index is 2.26. The van der Waals surface area contributed by atoms with Gasteiger partial charge >= 0.3 is 6.18 Å². The molecule has 0 saturated carbocycles. The maximum atomic E-state index is 12.7. The third kappa shape index (κ3) is 3.33. The number of fused-ring (bicyclic) bond motifs is 1. The second-order valence-corrected chi connectivity index (χ2v) is 4.60. The number of aromatic nitrogens is 2. The number of rotatable bonds is 4. The summed E-state index contributed by atoms with van der Waals surface area (Å²) in [4.78, 5) is 15.5. The number of benzene rings is 1. The number of carbonyl (C=O) groups excluding carboxylic acids is 1. The molecular weight excluding hydrogens is 285 g/mol. The van der Waals surface area contributed by atoms with Crippen LogP contribution in [0.5, 0.6) is 0 Å². The fourth-order valence-corrected chi connectivity index (χ4v) is 1.98. The Morgan fingerprint density at radius 3 is 2.71 bits per heavy atom. The van der Waals surface area contributed by atoms with Crippen LogP contribution in [0.25, 0.3) is 11.0 Å². The summed E-state index contributed by atoms with van der Waals surface area (Å²) in [6.45, 7) is 0.329. The fourth-order valence-electron chi connectivity index (χ4n) is 1.98. The second kappa shape index (κ2) is 5.72. The van der Waals surface area contributed by atoms with Gasteiger partial charge in [0.05, 0.1) is 29.7 Å². The molecule has 0 aliphatic rings. The number of halogens is 3. The first kappa shape index (κ1) is 15.3. The number of nitrogens with zero attached hydrogens (tertiary/aromatic N) is 2. The zero-order chi connectivity index (χ0) is 15.6. The lowest BCUT2D eigenvalue weighted by Gasteiger charge is -2.06.